The Bertz CT molecular complexity index is 400. The third-order valence-corrected chi connectivity index (χ3v) is 4.97. The molecule has 0 saturated heterocycles. The van der Waals surface area contributed by atoms with Crippen molar-refractivity contribution >= 4 is 0 Å². The van der Waals surface area contributed by atoms with E-state index in [1.54, 1.807) is 0 Å². The summed E-state index contributed by atoms with van der Waals surface area (Å²) in [7, 11) is 2.09. The Morgan fingerprint density at radius 3 is 2.40 bits per heavy atom. The summed E-state index contributed by atoms with van der Waals surface area (Å²) in [5, 5.41) is 3.53. The molecule has 4 unspecified atom stereocenters. The van der Waals surface area contributed by atoms with Gasteiger partial charge in [0.1, 0.15) is 5.75 Å². The van der Waals surface area contributed by atoms with Crippen molar-refractivity contribution in [1.29, 1.82) is 0 Å². The molecule has 0 aliphatic heterocycles. The molecule has 4 atom stereocenters. The Morgan fingerprint density at radius 2 is 1.85 bits per heavy atom. The lowest BCUT2D eigenvalue weighted by molar-refractivity contribution is 0.174. The lowest BCUT2D eigenvalue weighted by Crippen LogP contribution is -2.31. The van der Waals surface area contributed by atoms with Crippen LogP contribution in [0.4, 0.5) is 0 Å². The van der Waals surface area contributed by atoms with E-state index >= 15 is 0 Å². The summed E-state index contributed by atoms with van der Waals surface area (Å²) in [6, 6.07) is 9.10. The van der Waals surface area contributed by atoms with E-state index in [-0.39, 0.29) is 0 Å². The van der Waals surface area contributed by atoms with Crippen LogP contribution >= 0.6 is 0 Å². The van der Waals surface area contributed by atoms with Crippen molar-refractivity contribution in [1.82, 2.24) is 5.32 Å². The highest BCUT2D eigenvalue weighted by Crippen LogP contribution is 2.39. The first-order valence-corrected chi connectivity index (χ1v) is 8.05. The molecule has 1 fully saturated rings. The first kappa shape index (κ1) is 15.4. The average molecular weight is 275 g/mol. The lowest BCUT2D eigenvalue weighted by Gasteiger charge is -2.37. The smallest absolute Gasteiger partial charge is 0.119 e. The van der Waals surface area contributed by atoms with Crippen molar-refractivity contribution in [2.45, 2.75) is 46.1 Å². The molecule has 1 aliphatic carbocycles. The molecule has 1 aromatic rings. The van der Waals surface area contributed by atoms with E-state index in [0.717, 1.165) is 30.1 Å². The molecule has 1 aliphatic rings. The Morgan fingerprint density at radius 1 is 1.15 bits per heavy atom. The maximum absolute atomic E-state index is 5.53. The van der Waals surface area contributed by atoms with Crippen LogP contribution in [-0.2, 0) is 0 Å². The van der Waals surface area contributed by atoms with Gasteiger partial charge in [-0.1, -0.05) is 32.4 Å². The highest BCUT2D eigenvalue weighted by atomic mass is 16.5. The van der Waals surface area contributed by atoms with Gasteiger partial charge >= 0.3 is 0 Å². The molecule has 0 spiro atoms. The van der Waals surface area contributed by atoms with Crippen molar-refractivity contribution < 1.29 is 4.74 Å². The fourth-order valence-corrected chi connectivity index (χ4v) is 3.50. The van der Waals surface area contributed by atoms with E-state index in [2.05, 4.69) is 50.5 Å². The summed E-state index contributed by atoms with van der Waals surface area (Å²) in [6.45, 7) is 7.55. The second kappa shape index (κ2) is 7.12. The van der Waals surface area contributed by atoms with Gasteiger partial charge in [0.05, 0.1) is 6.61 Å². The maximum atomic E-state index is 5.53. The van der Waals surface area contributed by atoms with Gasteiger partial charge in [-0.05, 0) is 62.3 Å². The zero-order chi connectivity index (χ0) is 14.5. The number of nitrogens with one attached hydrogen (secondary N) is 1. The minimum Gasteiger partial charge on any atom is -0.494 e. The van der Waals surface area contributed by atoms with E-state index in [1.807, 2.05) is 6.92 Å². The van der Waals surface area contributed by atoms with Crippen molar-refractivity contribution in [2.75, 3.05) is 13.7 Å². The van der Waals surface area contributed by atoms with Crippen LogP contribution in [0.25, 0.3) is 0 Å². The van der Waals surface area contributed by atoms with Crippen LogP contribution in [0.2, 0.25) is 0 Å². The fraction of sp³-hybridized carbons (Fsp3) is 0.667. The van der Waals surface area contributed by atoms with Crippen molar-refractivity contribution in [3.05, 3.63) is 29.8 Å². The topological polar surface area (TPSA) is 21.3 Å². The van der Waals surface area contributed by atoms with Gasteiger partial charge in [-0.15, -0.1) is 0 Å². The van der Waals surface area contributed by atoms with Crippen molar-refractivity contribution in [3.63, 3.8) is 0 Å². The predicted molar refractivity (Wildman–Crippen MR) is 85.1 cm³/mol. The van der Waals surface area contributed by atoms with E-state index < -0.39 is 0 Å². The first-order chi connectivity index (χ1) is 9.65. The summed E-state index contributed by atoms with van der Waals surface area (Å²) in [5.41, 5.74) is 1.39. The van der Waals surface area contributed by atoms with Gasteiger partial charge in [-0.25, -0.2) is 0 Å². The molecule has 2 rings (SSSR count). The third-order valence-electron chi connectivity index (χ3n) is 4.97. The summed E-state index contributed by atoms with van der Waals surface area (Å²) < 4.78 is 5.53. The van der Waals surface area contributed by atoms with E-state index in [0.29, 0.717) is 6.04 Å². The van der Waals surface area contributed by atoms with Gasteiger partial charge in [0.25, 0.3) is 0 Å². The third kappa shape index (κ3) is 3.54. The molecule has 1 N–H and O–H groups in total. The van der Waals surface area contributed by atoms with Crippen LogP contribution < -0.4 is 10.1 Å². The highest BCUT2D eigenvalue weighted by molar-refractivity contribution is 5.29. The monoisotopic (exact) mass is 275 g/mol. The van der Waals surface area contributed by atoms with Crippen LogP contribution in [0.5, 0.6) is 5.75 Å². The maximum Gasteiger partial charge on any atom is 0.119 e. The zero-order valence-corrected chi connectivity index (χ0v) is 13.4. The highest BCUT2D eigenvalue weighted by Gasteiger charge is 2.30. The van der Waals surface area contributed by atoms with E-state index in [9.17, 15) is 0 Å². The molecule has 0 aromatic heterocycles. The Balaban J connectivity index is 2.07. The largest absolute Gasteiger partial charge is 0.494 e. The Hall–Kier alpha value is -1.02. The van der Waals surface area contributed by atoms with Gasteiger partial charge in [0.2, 0.25) is 0 Å². The van der Waals surface area contributed by atoms with E-state index in [4.69, 9.17) is 4.74 Å². The number of rotatable bonds is 5. The SMILES string of the molecule is CCOc1ccc(C(NC)C2CCC(C)C(C)C2)cc1. The molecular weight excluding hydrogens is 246 g/mol. The quantitative estimate of drug-likeness (QED) is 0.859. The average Bonchev–Trinajstić information content (AvgIpc) is 2.46. The standard InChI is InChI=1S/C18H29NO/c1-5-20-17-10-8-15(9-11-17)18(19-4)16-7-6-13(2)14(3)12-16/h8-11,13-14,16,18-19H,5-7,12H2,1-4H3. The minimum absolute atomic E-state index is 0.473. The van der Waals surface area contributed by atoms with Crippen LogP contribution in [0, 0.1) is 17.8 Å². The van der Waals surface area contributed by atoms with Crippen LogP contribution in [-0.4, -0.2) is 13.7 Å². The molecule has 0 bridgehead atoms. The molecule has 112 valence electrons. The molecule has 1 saturated carbocycles. The molecule has 0 amide bonds. The molecule has 20 heavy (non-hydrogen) atoms. The second-order valence-corrected chi connectivity index (χ2v) is 6.30. The van der Waals surface area contributed by atoms with Gasteiger partial charge in [-0.2, -0.15) is 0 Å². The van der Waals surface area contributed by atoms with Gasteiger partial charge < -0.3 is 10.1 Å². The molecule has 2 heteroatoms. The summed E-state index contributed by atoms with van der Waals surface area (Å²) in [4.78, 5) is 0. The molecule has 1 aromatic carbocycles. The van der Waals surface area contributed by atoms with Gasteiger partial charge in [0.15, 0.2) is 0 Å². The minimum atomic E-state index is 0.473. The van der Waals surface area contributed by atoms with Crippen LogP contribution in [0.1, 0.15) is 51.6 Å². The van der Waals surface area contributed by atoms with Crippen molar-refractivity contribution in [2.24, 2.45) is 17.8 Å². The fourth-order valence-electron chi connectivity index (χ4n) is 3.50. The first-order valence-electron chi connectivity index (χ1n) is 8.05. The number of benzene rings is 1. The van der Waals surface area contributed by atoms with Crippen LogP contribution in [0.15, 0.2) is 24.3 Å². The Kier molecular flexibility index (Phi) is 5.47. The lowest BCUT2D eigenvalue weighted by atomic mass is 9.72. The summed E-state index contributed by atoms with van der Waals surface area (Å²) in [6.07, 6.45) is 4.03. The van der Waals surface area contributed by atoms with E-state index in [1.165, 1.54) is 24.8 Å². The molecular formula is C18H29NO. The van der Waals surface area contributed by atoms with Gasteiger partial charge in [-0.3, -0.25) is 0 Å². The predicted octanol–water partition coefficient (Wildman–Crippen LogP) is 4.42. The number of hydrogen-bond donors (Lipinski definition) is 1. The number of ether oxygens (including phenoxy) is 1. The zero-order valence-electron chi connectivity index (χ0n) is 13.4. The normalized spacial score (nSPS) is 28.1. The summed E-state index contributed by atoms with van der Waals surface area (Å²) >= 11 is 0. The Labute approximate surface area is 123 Å². The summed E-state index contributed by atoms with van der Waals surface area (Å²) in [5.74, 6) is 3.44. The van der Waals surface area contributed by atoms with Crippen molar-refractivity contribution in [3.8, 4) is 5.75 Å². The molecule has 0 radical (unpaired) electrons. The van der Waals surface area contributed by atoms with Gasteiger partial charge in [0, 0.05) is 6.04 Å². The second-order valence-electron chi connectivity index (χ2n) is 6.30. The molecule has 2 nitrogen and oxygen atoms in total. The van der Waals surface area contributed by atoms with Crippen LogP contribution in [0.3, 0.4) is 0 Å². The number of hydrogen-bond acceptors (Lipinski definition) is 2. The molecule has 0 heterocycles.